The quantitative estimate of drug-likeness (QED) is 0.612. The molecule has 1 heterocycles. The summed E-state index contributed by atoms with van der Waals surface area (Å²) < 4.78 is 5.19. The van der Waals surface area contributed by atoms with Gasteiger partial charge in [0.25, 0.3) is 5.24 Å². The Hall–Kier alpha value is -3.53. The molecule has 2 aromatic carbocycles. The second kappa shape index (κ2) is 8.23. The van der Waals surface area contributed by atoms with Crippen LogP contribution in [0.1, 0.15) is 16.8 Å². The Morgan fingerprint density at radius 1 is 1.21 bits per heavy atom. The van der Waals surface area contributed by atoms with Crippen LogP contribution in [-0.2, 0) is 9.59 Å². The molecule has 3 rings (SSSR count). The maximum atomic E-state index is 12.7. The number of nitrogens with zero attached hydrogens (tertiary/aromatic N) is 1. The number of benzene rings is 2. The van der Waals surface area contributed by atoms with Crippen LogP contribution >= 0.6 is 11.8 Å². The Kier molecular flexibility index (Phi) is 5.74. The molecule has 1 atom stereocenters. The predicted molar refractivity (Wildman–Crippen MR) is 106 cm³/mol. The molecule has 0 aromatic heterocycles. The number of hydrogen-bond donors (Lipinski definition) is 3. The molecule has 150 valence electrons. The number of nitrogens with one attached hydrogen (secondary N) is 1. The Bertz CT molecular complexity index is 1010. The van der Waals surface area contributed by atoms with E-state index >= 15 is 0 Å². The van der Waals surface area contributed by atoms with Crippen molar-refractivity contribution in [3.05, 3.63) is 48.0 Å². The van der Waals surface area contributed by atoms with E-state index in [2.05, 4.69) is 5.32 Å². The molecule has 1 saturated heterocycles. The van der Waals surface area contributed by atoms with Gasteiger partial charge >= 0.3 is 5.97 Å². The fourth-order valence-electron chi connectivity index (χ4n) is 2.78. The van der Waals surface area contributed by atoms with E-state index in [1.54, 1.807) is 24.3 Å². The summed E-state index contributed by atoms with van der Waals surface area (Å²) in [6.07, 6.45) is -0.288. The number of carbonyl (C=O) groups excluding carboxylic acids is 3. The first-order chi connectivity index (χ1) is 13.8. The van der Waals surface area contributed by atoms with Crippen molar-refractivity contribution in [1.82, 2.24) is 0 Å². The second-order valence-electron chi connectivity index (χ2n) is 6.01. The van der Waals surface area contributed by atoms with Crippen molar-refractivity contribution in [2.75, 3.05) is 17.3 Å². The van der Waals surface area contributed by atoms with Crippen molar-refractivity contribution in [2.45, 2.75) is 11.7 Å². The first-order valence-corrected chi connectivity index (χ1v) is 9.23. The van der Waals surface area contributed by atoms with Gasteiger partial charge in [0, 0.05) is 12.1 Å². The first kappa shape index (κ1) is 20.2. The number of amides is 3. The molecule has 1 aliphatic heterocycles. The Morgan fingerprint density at radius 3 is 2.62 bits per heavy atom. The molecule has 29 heavy (non-hydrogen) atoms. The predicted octanol–water partition coefficient (Wildman–Crippen LogP) is 2.70. The first-order valence-electron chi connectivity index (χ1n) is 8.35. The Morgan fingerprint density at radius 2 is 1.93 bits per heavy atom. The summed E-state index contributed by atoms with van der Waals surface area (Å²) in [6, 6.07) is 10.1. The van der Waals surface area contributed by atoms with Crippen LogP contribution in [0.4, 0.5) is 16.2 Å². The van der Waals surface area contributed by atoms with Crippen molar-refractivity contribution < 1.29 is 34.1 Å². The smallest absolute Gasteiger partial charge is 0.339 e. The van der Waals surface area contributed by atoms with Crippen LogP contribution in [0.5, 0.6) is 11.5 Å². The van der Waals surface area contributed by atoms with Gasteiger partial charge in [-0.3, -0.25) is 14.4 Å². The maximum absolute atomic E-state index is 12.7. The lowest BCUT2D eigenvalue weighted by Gasteiger charge is -2.17. The number of phenols is 1. The summed E-state index contributed by atoms with van der Waals surface area (Å²) in [4.78, 5) is 49.4. The van der Waals surface area contributed by atoms with Gasteiger partial charge in [-0.15, -0.1) is 0 Å². The molecule has 10 heteroatoms. The maximum Gasteiger partial charge on any atom is 0.339 e. The average molecular weight is 416 g/mol. The molecule has 0 aliphatic carbocycles. The largest absolute Gasteiger partial charge is 0.507 e. The second-order valence-corrected chi connectivity index (χ2v) is 7.16. The number of rotatable bonds is 6. The van der Waals surface area contributed by atoms with Gasteiger partial charge in [0.1, 0.15) is 22.3 Å². The topological polar surface area (TPSA) is 133 Å². The van der Waals surface area contributed by atoms with E-state index in [9.17, 15) is 24.3 Å². The highest BCUT2D eigenvalue weighted by molar-refractivity contribution is 8.15. The normalized spacial score (nSPS) is 16.0. The van der Waals surface area contributed by atoms with Crippen LogP contribution < -0.4 is 15.0 Å². The number of anilines is 2. The summed E-state index contributed by atoms with van der Waals surface area (Å²) in [5.74, 6) is -2.55. The minimum Gasteiger partial charge on any atom is -0.507 e. The lowest BCUT2D eigenvalue weighted by Crippen LogP contribution is -2.33. The van der Waals surface area contributed by atoms with Crippen LogP contribution in [0.25, 0.3) is 0 Å². The molecule has 1 aliphatic rings. The van der Waals surface area contributed by atoms with E-state index in [0.717, 1.165) is 28.8 Å². The van der Waals surface area contributed by atoms with Crippen LogP contribution in [0.3, 0.4) is 0 Å². The molecule has 9 nitrogen and oxygen atoms in total. The van der Waals surface area contributed by atoms with Crippen LogP contribution in [0.2, 0.25) is 0 Å². The number of aromatic carboxylic acids is 1. The minimum atomic E-state index is -1.35. The molecule has 0 spiro atoms. The molecule has 2 aromatic rings. The molecule has 0 saturated carbocycles. The van der Waals surface area contributed by atoms with Crippen LogP contribution in [-0.4, -0.2) is 45.6 Å². The minimum absolute atomic E-state index is 0.147. The van der Waals surface area contributed by atoms with Gasteiger partial charge in [-0.05, 0) is 42.1 Å². The zero-order valence-electron chi connectivity index (χ0n) is 15.1. The number of carbonyl (C=O) groups is 4. The molecular formula is C19H16N2O7S. The fourth-order valence-corrected chi connectivity index (χ4v) is 3.76. The molecular weight excluding hydrogens is 400 g/mol. The highest BCUT2D eigenvalue weighted by Crippen LogP contribution is 2.38. The molecule has 3 amide bonds. The van der Waals surface area contributed by atoms with Gasteiger partial charge in [0.2, 0.25) is 11.8 Å². The third-order valence-electron chi connectivity index (χ3n) is 4.13. The summed E-state index contributed by atoms with van der Waals surface area (Å²) in [5, 5.41) is 19.6. The fraction of sp³-hybridized carbons (Fsp3) is 0.158. The van der Waals surface area contributed by atoms with E-state index in [0.29, 0.717) is 11.4 Å². The number of aromatic hydroxyl groups is 1. The number of methoxy groups -OCH3 is 1. The van der Waals surface area contributed by atoms with Crippen LogP contribution in [0.15, 0.2) is 42.5 Å². The van der Waals surface area contributed by atoms with E-state index in [-0.39, 0.29) is 17.7 Å². The van der Waals surface area contributed by atoms with Gasteiger partial charge in [-0.2, -0.15) is 0 Å². The zero-order valence-corrected chi connectivity index (χ0v) is 15.9. The van der Waals surface area contributed by atoms with Gasteiger partial charge in [0.05, 0.1) is 12.8 Å². The molecule has 3 N–H and O–H groups in total. The van der Waals surface area contributed by atoms with Crippen molar-refractivity contribution in [1.29, 1.82) is 0 Å². The molecule has 1 unspecified atom stereocenters. The van der Waals surface area contributed by atoms with Gasteiger partial charge in [0.15, 0.2) is 0 Å². The number of ether oxygens (including phenoxy) is 1. The van der Waals surface area contributed by atoms with Gasteiger partial charge in [-0.25, -0.2) is 9.69 Å². The monoisotopic (exact) mass is 416 g/mol. The Labute approximate surface area is 169 Å². The molecule has 0 radical (unpaired) electrons. The Balaban J connectivity index is 1.72. The SMILES string of the molecule is COc1ccccc1N1C(=O)SC(CC(=O)Nc2ccc(O)c(C(=O)O)c2)C1=O. The molecule has 0 bridgehead atoms. The number of thioether (sulfide) groups is 1. The van der Waals surface area contributed by atoms with E-state index in [1.165, 1.54) is 13.2 Å². The third kappa shape index (κ3) is 4.16. The number of carboxylic acid groups (broad SMARTS) is 1. The van der Waals surface area contributed by atoms with Crippen molar-refractivity contribution in [2.24, 2.45) is 0 Å². The lowest BCUT2D eigenvalue weighted by molar-refractivity contribution is -0.121. The number of hydrogen-bond acceptors (Lipinski definition) is 7. The molecule has 1 fully saturated rings. The summed E-state index contributed by atoms with van der Waals surface area (Å²) >= 11 is 0.732. The summed E-state index contributed by atoms with van der Waals surface area (Å²) in [6.45, 7) is 0. The summed E-state index contributed by atoms with van der Waals surface area (Å²) in [5.41, 5.74) is 0.0743. The number of imide groups is 1. The number of para-hydroxylation sites is 2. The van der Waals surface area contributed by atoms with Crippen LogP contribution in [0, 0.1) is 0 Å². The third-order valence-corrected chi connectivity index (χ3v) is 5.17. The van der Waals surface area contributed by atoms with E-state index in [4.69, 9.17) is 9.84 Å². The standard InChI is InChI=1S/C19H16N2O7S/c1-28-14-5-3-2-4-12(14)21-17(24)15(29-19(21)27)9-16(23)20-10-6-7-13(22)11(8-10)18(25)26/h2-8,15,22H,9H2,1H3,(H,20,23)(H,25,26). The number of carboxylic acids is 1. The summed E-state index contributed by atoms with van der Waals surface area (Å²) in [7, 11) is 1.42. The van der Waals surface area contributed by atoms with Gasteiger partial charge in [-0.1, -0.05) is 12.1 Å². The van der Waals surface area contributed by atoms with E-state index in [1.807, 2.05) is 0 Å². The van der Waals surface area contributed by atoms with Crippen molar-refractivity contribution >= 4 is 46.2 Å². The van der Waals surface area contributed by atoms with E-state index < -0.39 is 34.0 Å². The highest BCUT2D eigenvalue weighted by Gasteiger charge is 2.42. The van der Waals surface area contributed by atoms with Crippen molar-refractivity contribution in [3.63, 3.8) is 0 Å². The van der Waals surface area contributed by atoms with Crippen molar-refractivity contribution in [3.8, 4) is 11.5 Å². The average Bonchev–Trinajstić information content (AvgIpc) is 2.96. The zero-order chi connectivity index (χ0) is 21.1. The lowest BCUT2D eigenvalue weighted by atomic mass is 10.1. The highest BCUT2D eigenvalue weighted by atomic mass is 32.2. The van der Waals surface area contributed by atoms with Gasteiger partial charge < -0.3 is 20.3 Å².